The van der Waals surface area contributed by atoms with Crippen molar-refractivity contribution in [2.24, 2.45) is 5.92 Å². The van der Waals surface area contributed by atoms with Crippen LogP contribution in [0.5, 0.6) is 0 Å². The van der Waals surface area contributed by atoms with Gasteiger partial charge in [0.1, 0.15) is 0 Å². The Hall–Kier alpha value is -1.59. The van der Waals surface area contributed by atoms with Gasteiger partial charge in [-0.25, -0.2) is 0 Å². The molecule has 1 unspecified atom stereocenters. The molecule has 0 aliphatic carbocycles. The third-order valence-electron chi connectivity index (χ3n) is 3.63. The Labute approximate surface area is 135 Å². The van der Waals surface area contributed by atoms with Crippen molar-refractivity contribution in [3.63, 3.8) is 0 Å². The zero-order valence-electron chi connectivity index (χ0n) is 12.9. The van der Waals surface area contributed by atoms with Crippen molar-refractivity contribution < 1.29 is 9.59 Å². The summed E-state index contributed by atoms with van der Waals surface area (Å²) in [4.78, 5) is 24.1. The van der Waals surface area contributed by atoms with Gasteiger partial charge in [0.25, 0.3) is 5.91 Å². The fourth-order valence-corrected chi connectivity index (χ4v) is 2.51. The molecule has 1 atom stereocenters. The first kappa shape index (κ1) is 16.8. The molecule has 1 aromatic rings. The number of rotatable bonds is 4. The molecule has 1 heterocycles. The molecular formula is C16H22ClN3O2. The molecule has 1 saturated heterocycles. The van der Waals surface area contributed by atoms with Gasteiger partial charge in [-0.05, 0) is 37.6 Å². The third-order valence-corrected chi connectivity index (χ3v) is 3.96. The highest BCUT2D eigenvalue weighted by molar-refractivity contribution is 6.34. The standard InChI is InChI=1S/C16H22ClN3O2/c1-10(2)15(21)19-11-5-6-14(17)13(8-11)16(22)20-12-4-3-7-18-9-12/h5-6,8,10,12,18H,3-4,7,9H2,1-2H3,(H,19,21)(H,20,22). The van der Waals surface area contributed by atoms with Crippen LogP contribution in [0.1, 0.15) is 37.0 Å². The van der Waals surface area contributed by atoms with Crippen molar-refractivity contribution in [1.82, 2.24) is 10.6 Å². The second-order valence-corrected chi connectivity index (χ2v) is 6.26. The van der Waals surface area contributed by atoms with Crippen molar-refractivity contribution in [2.75, 3.05) is 18.4 Å². The molecule has 2 amide bonds. The van der Waals surface area contributed by atoms with Gasteiger partial charge in [0.2, 0.25) is 5.91 Å². The van der Waals surface area contributed by atoms with E-state index in [0.717, 1.165) is 25.9 Å². The molecule has 0 spiro atoms. The van der Waals surface area contributed by atoms with Gasteiger partial charge < -0.3 is 16.0 Å². The summed E-state index contributed by atoms with van der Waals surface area (Å²) >= 11 is 6.12. The highest BCUT2D eigenvalue weighted by atomic mass is 35.5. The SMILES string of the molecule is CC(C)C(=O)Nc1ccc(Cl)c(C(=O)NC2CCCNC2)c1. The lowest BCUT2D eigenvalue weighted by atomic mass is 10.1. The molecule has 0 radical (unpaired) electrons. The van der Waals surface area contributed by atoms with Crippen LogP contribution in [-0.4, -0.2) is 30.9 Å². The van der Waals surface area contributed by atoms with Crippen LogP contribution in [0.2, 0.25) is 5.02 Å². The lowest BCUT2D eigenvalue weighted by Crippen LogP contribution is -2.45. The molecule has 0 bridgehead atoms. The van der Waals surface area contributed by atoms with E-state index in [4.69, 9.17) is 11.6 Å². The van der Waals surface area contributed by atoms with Crippen LogP contribution in [0.25, 0.3) is 0 Å². The van der Waals surface area contributed by atoms with Gasteiger partial charge in [0.15, 0.2) is 0 Å². The van der Waals surface area contributed by atoms with E-state index in [9.17, 15) is 9.59 Å². The van der Waals surface area contributed by atoms with Crippen molar-refractivity contribution in [3.8, 4) is 0 Å². The van der Waals surface area contributed by atoms with E-state index >= 15 is 0 Å². The van der Waals surface area contributed by atoms with Crippen molar-refractivity contribution in [2.45, 2.75) is 32.7 Å². The Morgan fingerprint density at radius 1 is 1.36 bits per heavy atom. The van der Waals surface area contributed by atoms with E-state index in [1.165, 1.54) is 0 Å². The number of hydrogen-bond donors (Lipinski definition) is 3. The summed E-state index contributed by atoms with van der Waals surface area (Å²) in [5.74, 6) is -0.425. The van der Waals surface area contributed by atoms with Crippen LogP contribution in [0.15, 0.2) is 18.2 Å². The van der Waals surface area contributed by atoms with Gasteiger partial charge in [-0.15, -0.1) is 0 Å². The van der Waals surface area contributed by atoms with Crippen LogP contribution >= 0.6 is 11.6 Å². The number of carbonyl (C=O) groups excluding carboxylic acids is 2. The van der Waals surface area contributed by atoms with Gasteiger partial charge in [0.05, 0.1) is 10.6 Å². The zero-order valence-corrected chi connectivity index (χ0v) is 13.7. The van der Waals surface area contributed by atoms with Gasteiger partial charge in [-0.1, -0.05) is 25.4 Å². The first-order valence-corrected chi connectivity index (χ1v) is 7.97. The molecule has 22 heavy (non-hydrogen) atoms. The van der Waals surface area contributed by atoms with E-state index in [-0.39, 0.29) is 23.8 Å². The Morgan fingerprint density at radius 3 is 2.77 bits per heavy atom. The summed E-state index contributed by atoms with van der Waals surface area (Å²) in [5, 5.41) is 9.39. The van der Waals surface area contributed by atoms with Gasteiger partial charge in [-0.3, -0.25) is 9.59 Å². The summed E-state index contributed by atoms with van der Waals surface area (Å²) in [6, 6.07) is 5.06. The quantitative estimate of drug-likeness (QED) is 0.797. The highest BCUT2D eigenvalue weighted by Gasteiger charge is 2.19. The monoisotopic (exact) mass is 323 g/mol. The maximum absolute atomic E-state index is 12.4. The van der Waals surface area contributed by atoms with Gasteiger partial charge in [0, 0.05) is 24.2 Å². The molecule has 1 aliphatic rings. The number of carbonyl (C=O) groups is 2. The summed E-state index contributed by atoms with van der Waals surface area (Å²) in [5.41, 5.74) is 0.962. The predicted molar refractivity (Wildman–Crippen MR) is 88.3 cm³/mol. The summed E-state index contributed by atoms with van der Waals surface area (Å²) in [6.07, 6.45) is 2.00. The molecule has 1 aromatic carbocycles. The zero-order chi connectivity index (χ0) is 16.1. The number of anilines is 1. The molecule has 3 N–H and O–H groups in total. The molecule has 1 aliphatic heterocycles. The smallest absolute Gasteiger partial charge is 0.253 e. The van der Waals surface area contributed by atoms with E-state index in [0.29, 0.717) is 16.3 Å². The maximum Gasteiger partial charge on any atom is 0.253 e. The molecule has 0 saturated carbocycles. The lowest BCUT2D eigenvalue weighted by Gasteiger charge is -2.24. The summed E-state index contributed by atoms with van der Waals surface area (Å²) in [6.45, 7) is 5.39. The molecular weight excluding hydrogens is 302 g/mol. The summed E-state index contributed by atoms with van der Waals surface area (Å²) < 4.78 is 0. The normalized spacial score (nSPS) is 18.1. The maximum atomic E-state index is 12.4. The second kappa shape index (κ2) is 7.61. The second-order valence-electron chi connectivity index (χ2n) is 5.86. The lowest BCUT2D eigenvalue weighted by molar-refractivity contribution is -0.118. The number of hydrogen-bond acceptors (Lipinski definition) is 3. The Balaban J connectivity index is 2.08. The Morgan fingerprint density at radius 2 is 2.14 bits per heavy atom. The largest absolute Gasteiger partial charge is 0.348 e. The van der Waals surface area contributed by atoms with Crippen LogP contribution in [0, 0.1) is 5.92 Å². The third kappa shape index (κ3) is 4.45. The average Bonchev–Trinajstić information content (AvgIpc) is 2.50. The van der Waals surface area contributed by atoms with Crippen LogP contribution in [0.4, 0.5) is 5.69 Å². The number of benzene rings is 1. The van der Waals surface area contributed by atoms with Crippen LogP contribution in [0.3, 0.4) is 0 Å². The molecule has 5 nitrogen and oxygen atoms in total. The van der Waals surface area contributed by atoms with Gasteiger partial charge in [-0.2, -0.15) is 0 Å². The molecule has 1 fully saturated rings. The number of halogens is 1. The molecule has 0 aromatic heterocycles. The number of piperidine rings is 1. The van der Waals surface area contributed by atoms with E-state index in [2.05, 4.69) is 16.0 Å². The van der Waals surface area contributed by atoms with E-state index < -0.39 is 0 Å². The topological polar surface area (TPSA) is 70.2 Å². The minimum Gasteiger partial charge on any atom is -0.348 e. The fourth-order valence-electron chi connectivity index (χ4n) is 2.30. The fraction of sp³-hybridized carbons (Fsp3) is 0.500. The van der Waals surface area contributed by atoms with Crippen molar-refractivity contribution in [1.29, 1.82) is 0 Å². The van der Waals surface area contributed by atoms with Crippen LogP contribution in [-0.2, 0) is 4.79 Å². The first-order chi connectivity index (χ1) is 10.5. The predicted octanol–water partition coefficient (Wildman–Crippen LogP) is 2.42. The molecule has 2 rings (SSSR count). The minimum atomic E-state index is -0.209. The Kier molecular flexibility index (Phi) is 5.80. The highest BCUT2D eigenvalue weighted by Crippen LogP contribution is 2.21. The average molecular weight is 324 g/mol. The molecule has 6 heteroatoms. The van der Waals surface area contributed by atoms with Crippen molar-refractivity contribution in [3.05, 3.63) is 28.8 Å². The first-order valence-electron chi connectivity index (χ1n) is 7.59. The molecule has 120 valence electrons. The van der Waals surface area contributed by atoms with E-state index in [1.807, 2.05) is 13.8 Å². The van der Waals surface area contributed by atoms with Crippen LogP contribution < -0.4 is 16.0 Å². The number of amides is 2. The van der Waals surface area contributed by atoms with Crippen molar-refractivity contribution >= 4 is 29.1 Å². The van der Waals surface area contributed by atoms with E-state index in [1.54, 1.807) is 18.2 Å². The summed E-state index contributed by atoms with van der Waals surface area (Å²) in [7, 11) is 0. The number of nitrogens with one attached hydrogen (secondary N) is 3. The Bertz CT molecular complexity index is 554. The minimum absolute atomic E-state index is 0.0924. The van der Waals surface area contributed by atoms with Gasteiger partial charge >= 0.3 is 0 Å².